The van der Waals surface area contributed by atoms with Crippen molar-refractivity contribution in [3.63, 3.8) is 0 Å². The van der Waals surface area contributed by atoms with Gasteiger partial charge in [0.2, 0.25) is 0 Å². The van der Waals surface area contributed by atoms with Gasteiger partial charge in [-0.1, -0.05) is 6.07 Å². The van der Waals surface area contributed by atoms with Crippen LogP contribution in [0.5, 0.6) is 5.75 Å². The Morgan fingerprint density at radius 2 is 1.97 bits per heavy atom. The molecule has 1 atom stereocenters. The van der Waals surface area contributed by atoms with E-state index < -0.39 is 12.1 Å². The van der Waals surface area contributed by atoms with Crippen LogP contribution >= 0.6 is 0 Å². The van der Waals surface area contributed by atoms with Gasteiger partial charge in [-0.25, -0.2) is 4.79 Å². The van der Waals surface area contributed by atoms with E-state index in [0.717, 1.165) is 78.8 Å². The molecule has 164 valence electrons. The number of aryl methyl sites for hydroxylation is 1. The number of hydrogen-bond donors (Lipinski definition) is 1. The molecule has 1 N–H and O–H groups in total. The van der Waals surface area contributed by atoms with Crippen LogP contribution in [0.25, 0.3) is 11.1 Å². The molecular formula is C26H31NO4. The van der Waals surface area contributed by atoms with Crippen molar-refractivity contribution in [2.45, 2.75) is 63.6 Å². The Bertz CT molecular complexity index is 1020. The summed E-state index contributed by atoms with van der Waals surface area (Å²) in [4.78, 5) is 14.5. The maximum Gasteiger partial charge on any atom is 0.337 e. The lowest BCUT2D eigenvalue weighted by Gasteiger charge is -2.28. The first-order valence-corrected chi connectivity index (χ1v) is 11.4. The molecule has 2 fully saturated rings. The van der Waals surface area contributed by atoms with E-state index in [1.54, 1.807) is 0 Å². The number of hydrogen-bond acceptors (Lipinski definition) is 4. The van der Waals surface area contributed by atoms with Gasteiger partial charge in [-0.2, -0.15) is 0 Å². The lowest BCUT2D eigenvalue weighted by molar-refractivity contribution is -0.151. The summed E-state index contributed by atoms with van der Waals surface area (Å²) in [7, 11) is 4.05. The number of carboxylic acids is 1. The number of anilines is 1. The van der Waals surface area contributed by atoms with Gasteiger partial charge in [0.1, 0.15) is 5.75 Å². The largest absolute Gasteiger partial charge is 0.493 e. The van der Waals surface area contributed by atoms with Crippen LogP contribution in [-0.4, -0.2) is 37.9 Å². The Kier molecular flexibility index (Phi) is 5.17. The van der Waals surface area contributed by atoms with Crippen molar-refractivity contribution in [3.05, 3.63) is 46.5 Å². The summed E-state index contributed by atoms with van der Waals surface area (Å²) in [6.07, 6.45) is 5.29. The fraction of sp³-hybridized carbons (Fsp3) is 0.500. The quantitative estimate of drug-likeness (QED) is 0.663. The summed E-state index contributed by atoms with van der Waals surface area (Å²) >= 11 is 0. The highest BCUT2D eigenvalue weighted by Crippen LogP contribution is 2.51. The van der Waals surface area contributed by atoms with Crippen molar-refractivity contribution in [3.8, 4) is 16.9 Å². The molecular weight excluding hydrogens is 390 g/mol. The molecule has 0 aromatic heterocycles. The molecule has 2 aliphatic carbocycles. The van der Waals surface area contributed by atoms with Crippen LogP contribution in [0, 0.1) is 6.92 Å². The first-order valence-electron chi connectivity index (χ1n) is 11.4. The zero-order valence-corrected chi connectivity index (χ0v) is 18.6. The smallest absolute Gasteiger partial charge is 0.337 e. The molecule has 2 saturated carbocycles. The van der Waals surface area contributed by atoms with Crippen molar-refractivity contribution in [1.82, 2.24) is 0 Å². The Hall–Kier alpha value is -2.53. The van der Waals surface area contributed by atoms with Gasteiger partial charge in [0.05, 0.1) is 12.7 Å². The predicted octanol–water partition coefficient (Wildman–Crippen LogP) is 5.24. The molecule has 0 spiro atoms. The molecule has 0 bridgehead atoms. The van der Waals surface area contributed by atoms with Crippen LogP contribution in [0.4, 0.5) is 5.69 Å². The van der Waals surface area contributed by atoms with Gasteiger partial charge in [-0.05, 0) is 97.4 Å². The van der Waals surface area contributed by atoms with Gasteiger partial charge in [0, 0.05) is 25.3 Å². The molecule has 1 unspecified atom stereocenters. The Morgan fingerprint density at radius 1 is 1.19 bits per heavy atom. The van der Waals surface area contributed by atoms with Gasteiger partial charge in [-0.15, -0.1) is 0 Å². The van der Waals surface area contributed by atoms with Crippen molar-refractivity contribution in [2.75, 3.05) is 25.6 Å². The van der Waals surface area contributed by atoms with Crippen molar-refractivity contribution >= 4 is 11.7 Å². The van der Waals surface area contributed by atoms with E-state index in [1.807, 2.05) is 21.0 Å². The van der Waals surface area contributed by atoms with E-state index in [4.69, 9.17) is 9.47 Å². The molecule has 5 rings (SSSR count). The second kappa shape index (κ2) is 7.86. The minimum atomic E-state index is -0.952. The lowest BCUT2D eigenvalue weighted by atomic mass is 9.84. The van der Waals surface area contributed by atoms with Crippen molar-refractivity contribution in [2.24, 2.45) is 0 Å². The maximum atomic E-state index is 12.5. The predicted molar refractivity (Wildman–Crippen MR) is 121 cm³/mol. The first-order chi connectivity index (χ1) is 14.9. The van der Waals surface area contributed by atoms with Gasteiger partial charge in [-0.3, -0.25) is 0 Å². The number of ether oxygens (including phenoxy) is 2. The zero-order chi connectivity index (χ0) is 21.7. The molecule has 1 heterocycles. The van der Waals surface area contributed by atoms with Crippen LogP contribution in [0.15, 0.2) is 24.3 Å². The number of nitrogens with zero attached hydrogens (tertiary/aromatic N) is 1. The van der Waals surface area contributed by atoms with Crippen LogP contribution in [0.1, 0.15) is 66.4 Å². The summed E-state index contributed by atoms with van der Waals surface area (Å²) in [6.45, 7) is 2.80. The number of fused-ring (bicyclic) bond motifs is 1. The average Bonchev–Trinajstić information content (AvgIpc) is 3.65. The summed E-state index contributed by atoms with van der Waals surface area (Å²) in [5.41, 5.74) is 7.50. The summed E-state index contributed by atoms with van der Waals surface area (Å²) in [5.74, 6) is 0.529. The molecule has 2 aromatic carbocycles. The molecule has 5 heteroatoms. The fourth-order valence-corrected chi connectivity index (χ4v) is 4.80. The van der Waals surface area contributed by atoms with Crippen molar-refractivity contribution < 1.29 is 19.4 Å². The first kappa shape index (κ1) is 20.4. The SMILES string of the molecule is Cc1c(N(C)C)cc(C2CC2)c(-c2ccc3c(c2)CCCO3)c1C(OC1CC1)C(=O)O. The molecule has 1 aliphatic heterocycles. The standard InChI is InChI=1S/C26H31NO4/c1-15-21(27(2)3)14-20(16-6-7-16)24(23(15)25(26(28)29)31-19-9-10-19)18-8-11-22-17(13-18)5-4-12-30-22/h8,11,13-14,16,19,25H,4-7,9-10,12H2,1-3H3,(H,28,29). The highest BCUT2D eigenvalue weighted by molar-refractivity contribution is 5.86. The second-order valence-corrected chi connectivity index (χ2v) is 9.40. The monoisotopic (exact) mass is 421 g/mol. The lowest BCUT2D eigenvalue weighted by Crippen LogP contribution is -2.21. The molecule has 31 heavy (non-hydrogen) atoms. The number of carbonyl (C=O) groups is 1. The Balaban J connectivity index is 1.75. The number of carboxylic acid groups (broad SMARTS) is 1. The molecule has 0 amide bonds. The molecule has 5 nitrogen and oxygen atoms in total. The normalized spacial score (nSPS) is 18.8. The minimum Gasteiger partial charge on any atom is -0.493 e. The van der Waals surface area contributed by atoms with Gasteiger partial charge in [0.15, 0.2) is 6.10 Å². The summed E-state index contributed by atoms with van der Waals surface area (Å²) in [5, 5.41) is 10.2. The van der Waals surface area contributed by atoms with Crippen LogP contribution in [-0.2, 0) is 16.0 Å². The van der Waals surface area contributed by atoms with E-state index in [0.29, 0.717) is 5.92 Å². The van der Waals surface area contributed by atoms with Crippen LogP contribution in [0.3, 0.4) is 0 Å². The van der Waals surface area contributed by atoms with E-state index in [9.17, 15) is 9.90 Å². The Morgan fingerprint density at radius 3 is 2.61 bits per heavy atom. The second-order valence-electron chi connectivity index (χ2n) is 9.40. The van der Waals surface area contributed by atoms with E-state index in [2.05, 4.69) is 29.2 Å². The summed E-state index contributed by atoms with van der Waals surface area (Å²) in [6, 6.07) is 8.64. The average molecular weight is 422 g/mol. The highest BCUT2D eigenvalue weighted by atomic mass is 16.5. The summed E-state index contributed by atoms with van der Waals surface area (Å²) < 4.78 is 11.9. The molecule has 0 saturated heterocycles. The number of rotatable bonds is 7. The van der Waals surface area contributed by atoms with Crippen molar-refractivity contribution in [1.29, 1.82) is 0 Å². The topological polar surface area (TPSA) is 59.0 Å². The van der Waals surface area contributed by atoms with Crippen LogP contribution < -0.4 is 9.64 Å². The van der Waals surface area contributed by atoms with Gasteiger partial charge >= 0.3 is 5.97 Å². The molecule has 0 radical (unpaired) electrons. The third-order valence-corrected chi connectivity index (χ3v) is 6.67. The maximum absolute atomic E-state index is 12.5. The number of benzene rings is 2. The highest BCUT2D eigenvalue weighted by Gasteiger charge is 2.37. The Labute approximate surface area is 184 Å². The van der Waals surface area contributed by atoms with E-state index in [-0.39, 0.29) is 6.10 Å². The van der Waals surface area contributed by atoms with Gasteiger partial charge < -0.3 is 19.5 Å². The fourth-order valence-electron chi connectivity index (χ4n) is 4.80. The van der Waals surface area contributed by atoms with E-state index in [1.165, 1.54) is 11.1 Å². The third kappa shape index (κ3) is 3.91. The molecule has 2 aromatic rings. The van der Waals surface area contributed by atoms with Crippen LogP contribution in [0.2, 0.25) is 0 Å². The third-order valence-electron chi connectivity index (χ3n) is 6.67. The number of aliphatic carboxylic acids is 1. The van der Waals surface area contributed by atoms with Gasteiger partial charge in [0.25, 0.3) is 0 Å². The zero-order valence-electron chi connectivity index (χ0n) is 18.6. The minimum absolute atomic E-state index is 0.0534. The molecule has 3 aliphatic rings. The van der Waals surface area contributed by atoms with E-state index >= 15 is 0 Å².